The van der Waals surface area contributed by atoms with Crippen LogP contribution in [0.2, 0.25) is 0 Å². The Morgan fingerprint density at radius 3 is 2.52 bits per heavy atom. The van der Waals surface area contributed by atoms with E-state index in [4.69, 9.17) is 10.00 Å². The van der Waals surface area contributed by atoms with Gasteiger partial charge in [0.2, 0.25) is 5.91 Å². The maximum absolute atomic E-state index is 12.4. The predicted octanol–water partition coefficient (Wildman–Crippen LogP) is 2.26. The third kappa shape index (κ3) is 4.71. The van der Waals surface area contributed by atoms with Gasteiger partial charge in [0.05, 0.1) is 6.07 Å². The minimum absolute atomic E-state index is 0.0681. The van der Waals surface area contributed by atoms with Crippen LogP contribution in [-0.2, 0) is 16.1 Å². The average Bonchev–Trinajstić information content (AvgIpc) is 2.59. The number of nitrogens with one attached hydrogen (secondary N) is 2. The molecular weight excluding hydrogens is 294 g/mol. The van der Waals surface area contributed by atoms with Gasteiger partial charge in [0.25, 0.3) is 0 Å². The molecule has 0 atom stereocenters. The number of amides is 2. The minimum atomic E-state index is -0.969. The highest BCUT2D eigenvalue weighted by atomic mass is 16.5. The molecule has 0 unspecified atom stereocenters. The standard InChI is InChI=1S/C17H21N3O3/c18-11-12-19-15(21)17(9-5-2-6-10-17)20-16(22)23-13-14-7-3-1-4-8-14/h1,3-4,7-8H,2,5-6,9-10,12-13H2,(H,19,21)(H,20,22). The molecule has 1 aliphatic carbocycles. The van der Waals surface area contributed by atoms with Crippen molar-refractivity contribution in [3.8, 4) is 6.07 Å². The molecule has 6 heteroatoms. The Labute approximate surface area is 135 Å². The number of carbonyl (C=O) groups is 2. The summed E-state index contributed by atoms with van der Waals surface area (Å²) in [6.07, 6.45) is 3.27. The van der Waals surface area contributed by atoms with Crippen molar-refractivity contribution in [3.05, 3.63) is 35.9 Å². The van der Waals surface area contributed by atoms with Crippen molar-refractivity contribution in [3.63, 3.8) is 0 Å². The average molecular weight is 315 g/mol. The van der Waals surface area contributed by atoms with E-state index in [0.717, 1.165) is 24.8 Å². The number of carbonyl (C=O) groups excluding carboxylic acids is 2. The monoisotopic (exact) mass is 315 g/mol. The Balaban J connectivity index is 1.95. The smallest absolute Gasteiger partial charge is 0.408 e. The summed E-state index contributed by atoms with van der Waals surface area (Å²) >= 11 is 0. The predicted molar refractivity (Wildman–Crippen MR) is 84.2 cm³/mol. The Kier molecular flexibility index (Phi) is 5.98. The molecular formula is C17H21N3O3. The summed E-state index contributed by atoms with van der Waals surface area (Å²) in [7, 11) is 0. The lowest BCUT2D eigenvalue weighted by Crippen LogP contribution is -2.59. The zero-order valence-electron chi connectivity index (χ0n) is 13.0. The Morgan fingerprint density at radius 1 is 1.17 bits per heavy atom. The van der Waals surface area contributed by atoms with Crippen LogP contribution in [0.15, 0.2) is 30.3 Å². The van der Waals surface area contributed by atoms with Gasteiger partial charge in [0.1, 0.15) is 18.7 Å². The van der Waals surface area contributed by atoms with E-state index in [1.165, 1.54) is 0 Å². The summed E-state index contributed by atoms with van der Waals surface area (Å²) in [4.78, 5) is 24.4. The molecule has 122 valence electrons. The first-order valence-electron chi connectivity index (χ1n) is 7.80. The first-order chi connectivity index (χ1) is 11.2. The van der Waals surface area contributed by atoms with Crippen molar-refractivity contribution in [2.75, 3.05) is 6.54 Å². The molecule has 1 saturated carbocycles. The molecule has 1 fully saturated rings. The van der Waals surface area contributed by atoms with Crippen molar-refractivity contribution in [2.24, 2.45) is 0 Å². The number of hydrogen-bond acceptors (Lipinski definition) is 4. The third-order valence-electron chi connectivity index (χ3n) is 4.02. The minimum Gasteiger partial charge on any atom is -0.445 e. The Hall–Kier alpha value is -2.55. The van der Waals surface area contributed by atoms with Gasteiger partial charge < -0.3 is 15.4 Å². The summed E-state index contributed by atoms with van der Waals surface area (Å²) in [5.74, 6) is -0.310. The largest absolute Gasteiger partial charge is 0.445 e. The Morgan fingerprint density at radius 2 is 1.87 bits per heavy atom. The molecule has 0 aromatic heterocycles. The molecule has 1 aliphatic rings. The fourth-order valence-corrected chi connectivity index (χ4v) is 2.81. The van der Waals surface area contributed by atoms with E-state index in [1.807, 2.05) is 36.4 Å². The number of ether oxygens (including phenoxy) is 1. The topological polar surface area (TPSA) is 91.2 Å². The van der Waals surface area contributed by atoms with Crippen LogP contribution < -0.4 is 10.6 Å². The normalized spacial score (nSPS) is 16.0. The van der Waals surface area contributed by atoms with E-state index in [0.29, 0.717) is 12.8 Å². The molecule has 0 saturated heterocycles. The number of hydrogen-bond donors (Lipinski definition) is 2. The lowest BCUT2D eigenvalue weighted by Gasteiger charge is -2.35. The second-order valence-corrected chi connectivity index (χ2v) is 5.67. The van der Waals surface area contributed by atoms with E-state index < -0.39 is 11.6 Å². The third-order valence-corrected chi connectivity index (χ3v) is 4.02. The number of rotatable bonds is 5. The maximum atomic E-state index is 12.4. The molecule has 6 nitrogen and oxygen atoms in total. The van der Waals surface area contributed by atoms with Gasteiger partial charge in [-0.3, -0.25) is 4.79 Å². The Bertz CT molecular complexity index is 574. The van der Waals surface area contributed by atoms with Crippen molar-refractivity contribution < 1.29 is 14.3 Å². The highest BCUT2D eigenvalue weighted by molar-refractivity contribution is 5.90. The first-order valence-corrected chi connectivity index (χ1v) is 7.80. The highest BCUT2D eigenvalue weighted by Crippen LogP contribution is 2.28. The van der Waals surface area contributed by atoms with Crippen LogP contribution in [0, 0.1) is 11.3 Å². The number of alkyl carbamates (subject to hydrolysis) is 1. The SMILES string of the molecule is N#CCNC(=O)C1(NC(=O)OCc2ccccc2)CCCCC1. The second-order valence-electron chi connectivity index (χ2n) is 5.67. The fourth-order valence-electron chi connectivity index (χ4n) is 2.81. The summed E-state index contributed by atoms with van der Waals surface area (Å²) < 4.78 is 5.22. The van der Waals surface area contributed by atoms with E-state index in [9.17, 15) is 9.59 Å². The van der Waals surface area contributed by atoms with Crippen molar-refractivity contribution in [1.82, 2.24) is 10.6 Å². The van der Waals surface area contributed by atoms with E-state index >= 15 is 0 Å². The maximum Gasteiger partial charge on any atom is 0.408 e. The van der Waals surface area contributed by atoms with Gasteiger partial charge in [0.15, 0.2) is 0 Å². The van der Waals surface area contributed by atoms with Crippen LogP contribution in [0.3, 0.4) is 0 Å². The fraction of sp³-hybridized carbons (Fsp3) is 0.471. The van der Waals surface area contributed by atoms with E-state index in [-0.39, 0.29) is 19.1 Å². The van der Waals surface area contributed by atoms with Crippen LogP contribution in [-0.4, -0.2) is 24.1 Å². The van der Waals surface area contributed by atoms with Crippen molar-refractivity contribution in [2.45, 2.75) is 44.2 Å². The van der Waals surface area contributed by atoms with Crippen LogP contribution in [0.1, 0.15) is 37.7 Å². The number of nitriles is 1. The molecule has 0 bridgehead atoms. The number of benzene rings is 1. The first kappa shape index (κ1) is 16.8. The molecule has 23 heavy (non-hydrogen) atoms. The van der Waals surface area contributed by atoms with E-state index in [1.54, 1.807) is 0 Å². The summed E-state index contributed by atoms with van der Waals surface area (Å²) in [5, 5.41) is 13.9. The van der Waals surface area contributed by atoms with Gasteiger partial charge in [-0.1, -0.05) is 49.6 Å². The summed E-state index contributed by atoms with van der Waals surface area (Å²) in [6.45, 7) is 0.0872. The molecule has 0 aliphatic heterocycles. The molecule has 0 radical (unpaired) electrons. The molecule has 1 aromatic carbocycles. The lowest BCUT2D eigenvalue weighted by atomic mass is 9.81. The summed E-state index contributed by atoms with van der Waals surface area (Å²) in [6, 6.07) is 11.2. The molecule has 0 spiro atoms. The zero-order chi connectivity index (χ0) is 16.5. The molecule has 2 rings (SSSR count). The van der Waals surface area contributed by atoms with Crippen LogP contribution in [0.25, 0.3) is 0 Å². The lowest BCUT2D eigenvalue weighted by molar-refractivity contribution is -0.128. The molecule has 1 aromatic rings. The second kappa shape index (κ2) is 8.18. The van der Waals surface area contributed by atoms with E-state index in [2.05, 4.69) is 10.6 Å². The highest BCUT2D eigenvalue weighted by Gasteiger charge is 2.41. The van der Waals surface area contributed by atoms with Gasteiger partial charge in [-0.2, -0.15) is 5.26 Å². The zero-order valence-corrected chi connectivity index (χ0v) is 13.0. The van der Waals surface area contributed by atoms with Gasteiger partial charge in [-0.25, -0.2) is 4.79 Å². The van der Waals surface area contributed by atoms with Gasteiger partial charge in [-0.15, -0.1) is 0 Å². The van der Waals surface area contributed by atoms with Crippen molar-refractivity contribution >= 4 is 12.0 Å². The molecule has 0 heterocycles. The van der Waals surface area contributed by atoms with Crippen LogP contribution in [0.4, 0.5) is 4.79 Å². The quantitative estimate of drug-likeness (QED) is 0.815. The van der Waals surface area contributed by atoms with Crippen LogP contribution in [0.5, 0.6) is 0 Å². The van der Waals surface area contributed by atoms with Crippen LogP contribution >= 0.6 is 0 Å². The number of nitrogens with zero attached hydrogens (tertiary/aromatic N) is 1. The van der Waals surface area contributed by atoms with Crippen molar-refractivity contribution in [1.29, 1.82) is 5.26 Å². The molecule has 2 amide bonds. The van der Waals surface area contributed by atoms with Gasteiger partial charge in [-0.05, 0) is 18.4 Å². The molecule has 2 N–H and O–H groups in total. The summed E-state index contributed by atoms with van der Waals surface area (Å²) in [5.41, 5.74) is -0.0858. The van der Waals surface area contributed by atoms with Gasteiger partial charge in [0, 0.05) is 0 Å². The van der Waals surface area contributed by atoms with Gasteiger partial charge >= 0.3 is 6.09 Å².